The summed E-state index contributed by atoms with van der Waals surface area (Å²) in [6, 6.07) is -0.167. The Labute approximate surface area is 118 Å². The molecule has 0 aromatic carbocycles. The fourth-order valence-electron chi connectivity index (χ4n) is 2.70. The molecule has 2 fully saturated rings. The highest BCUT2D eigenvalue weighted by molar-refractivity contribution is 5.75. The first-order chi connectivity index (χ1) is 9.78. The first-order valence-electron chi connectivity index (χ1n) is 7.51. The largest absolute Gasteiger partial charge is 0.465 e. The third kappa shape index (κ3) is 3.00. The summed E-state index contributed by atoms with van der Waals surface area (Å²) in [5.41, 5.74) is 0. The van der Waals surface area contributed by atoms with Crippen LogP contribution in [-0.4, -0.2) is 40.2 Å². The summed E-state index contributed by atoms with van der Waals surface area (Å²) in [4.78, 5) is 18.5. The zero-order chi connectivity index (χ0) is 13.9. The molecular formula is C14H21N3O3. The zero-order valence-electron chi connectivity index (χ0n) is 11.9. The second kappa shape index (κ2) is 5.91. The van der Waals surface area contributed by atoms with E-state index in [2.05, 4.69) is 15.0 Å². The van der Waals surface area contributed by atoms with Gasteiger partial charge in [-0.25, -0.2) is 0 Å². The quantitative estimate of drug-likeness (QED) is 0.766. The number of likely N-dealkylation sites (tertiary alicyclic amines) is 1. The summed E-state index contributed by atoms with van der Waals surface area (Å²) in [7, 11) is 0. The molecule has 1 aromatic rings. The summed E-state index contributed by atoms with van der Waals surface area (Å²) in [5, 5.41) is 4.02. The van der Waals surface area contributed by atoms with Crippen molar-refractivity contribution in [2.45, 2.75) is 57.5 Å². The van der Waals surface area contributed by atoms with Crippen LogP contribution in [0.2, 0.25) is 0 Å². The first kappa shape index (κ1) is 13.5. The van der Waals surface area contributed by atoms with Gasteiger partial charge in [-0.15, -0.1) is 0 Å². The van der Waals surface area contributed by atoms with E-state index in [-0.39, 0.29) is 12.0 Å². The van der Waals surface area contributed by atoms with Gasteiger partial charge in [0, 0.05) is 5.92 Å². The van der Waals surface area contributed by atoms with Crippen molar-refractivity contribution in [1.29, 1.82) is 0 Å². The lowest BCUT2D eigenvalue weighted by molar-refractivity contribution is -0.151. The van der Waals surface area contributed by atoms with Gasteiger partial charge in [-0.2, -0.15) is 4.98 Å². The number of piperidine rings is 1. The van der Waals surface area contributed by atoms with E-state index in [1.54, 1.807) is 0 Å². The van der Waals surface area contributed by atoms with Crippen LogP contribution in [-0.2, 0) is 16.1 Å². The summed E-state index contributed by atoms with van der Waals surface area (Å²) >= 11 is 0. The number of rotatable bonds is 5. The van der Waals surface area contributed by atoms with E-state index < -0.39 is 0 Å². The smallest absolute Gasteiger partial charge is 0.323 e. The van der Waals surface area contributed by atoms with Crippen LogP contribution in [0.15, 0.2) is 4.52 Å². The van der Waals surface area contributed by atoms with Crippen LogP contribution in [0.3, 0.4) is 0 Å². The van der Waals surface area contributed by atoms with Crippen molar-refractivity contribution in [2.75, 3.05) is 13.2 Å². The molecule has 0 amide bonds. The van der Waals surface area contributed by atoms with Crippen LogP contribution in [0.25, 0.3) is 0 Å². The molecule has 6 heteroatoms. The summed E-state index contributed by atoms with van der Waals surface area (Å²) in [6.45, 7) is 3.69. The summed E-state index contributed by atoms with van der Waals surface area (Å²) < 4.78 is 10.5. The van der Waals surface area contributed by atoms with E-state index in [4.69, 9.17) is 9.26 Å². The molecule has 0 N–H and O–H groups in total. The molecule has 0 spiro atoms. The van der Waals surface area contributed by atoms with Gasteiger partial charge >= 0.3 is 5.97 Å². The molecule has 1 saturated heterocycles. The second-order valence-corrected chi connectivity index (χ2v) is 5.55. The average molecular weight is 279 g/mol. The Morgan fingerprint density at radius 2 is 2.25 bits per heavy atom. The Balaban J connectivity index is 1.64. The molecule has 1 unspecified atom stereocenters. The molecule has 1 aliphatic heterocycles. The van der Waals surface area contributed by atoms with Crippen LogP contribution >= 0.6 is 0 Å². The number of nitrogens with zero attached hydrogens (tertiary/aromatic N) is 3. The minimum absolute atomic E-state index is 0.130. The number of hydrogen-bond acceptors (Lipinski definition) is 6. The van der Waals surface area contributed by atoms with E-state index in [9.17, 15) is 4.79 Å². The topological polar surface area (TPSA) is 68.5 Å². The van der Waals surface area contributed by atoms with Crippen LogP contribution < -0.4 is 0 Å². The fraction of sp³-hybridized carbons (Fsp3) is 0.786. The molecule has 1 aliphatic carbocycles. The Bertz CT molecular complexity index is 470. The van der Waals surface area contributed by atoms with Gasteiger partial charge in [-0.3, -0.25) is 9.69 Å². The monoisotopic (exact) mass is 279 g/mol. The van der Waals surface area contributed by atoms with Crippen LogP contribution in [0.5, 0.6) is 0 Å². The fourth-order valence-corrected chi connectivity index (χ4v) is 2.70. The van der Waals surface area contributed by atoms with Gasteiger partial charge in [0.25, 0.3) is 0 Å². The second-order valence-electron chi connectivity index (χ2n) is 5.55. The number of ether oxygens (including phenoxy) is 1. The highest BCUT2D eigenvalue weighted by atomic mass is 16.5. The van der Waals surface area contributed by atoms with Gasteiger partial charge in [-0.05, 0) is 39.2 Å². The molecule has 2 aliphatic rings. The number of aromatic nitrogens is 2. The molecule has 1 saturated carbocycles. The van der Waals surface area contributed by atoms with Crippen LogP contribution in [0, 0.1) is 0 Å². The Kier molecular flexibility index (Phi) is 4.00. The minimum atomic E-state index is -0.167. The number of esters is 1. The van der Waals surface area contributed by atoms with Crippen molar-refractivity contribution in [3.05, 3.63) is 11.7 Å². The van der Waals surface area contributed by atoms with Crippen molar-refractivity contribution >= 4 is 5.97 Å². The Hall–Kier alpha value is -1.43. The normalized spacial score (nSPS) is 23.8. The lowest BCUT2D eigenvalue weighted by Crippen LogP contribution is -2.45. The first-order valence-corrected chi connectivity index (χ1v) is 7.51. The summed E-state index contributed by atoms with van der Waals surface area (Å²) in [5.74, 6) is 1.80. The highest BCUT2D eigenvalue weighted by Gasteiger charge is 2.32. The summed E-state index contributed by atoms with van der Waals surface area (Å²) in [6.07, 6.45) is 5.33. The third-order valence-electron chi connectivity index (χ3n) is 3.94. The van der Waals surface area contributed by atoms with E-state index in [0.717, 1.165) is 44.5 Å². The van der Waals surface area contributed by atoms with Gasteiger partial charge in [0.15, 0.2) is 5.82 Å². The molecule has 0 radical (unpaired) electrons. The predicted octanol–water partition coefficient (Wildman–Crippen LogP) is 1.86. The van der Waals surface area contributed by atoms with Gasteiger partial charge in [-0.1, -0.05) is 11.6 Å². The number of carbonyl (C=O) groups is 1. The molecule has 0 bridgehead atoms. The van der Waals surface area contributed by atoms with Crippen molar-refractivity contribution in [3.63, 3.8) is 0 Å². The van der Waals surface area contributed by atoms with Crippen molar-refractivity contribution in [1.82, 2.24) is 15.0 Å². The van der Waals surface area contributed by atoms with Crippen LogP contribution in [0.1, 0.15) is 56.7 Å². The van der Waals surface area contributed by atoms with Gasteiger partial charge in [0.1, 0.15) is 6.04 Å². The van der Waals surface area contributed by atoms with Crippen molar-refractivity contribution in [3.8, 4) is 0 Å². The van der Waals surface area contributed by atoms with E-state index in [1.165, 1.54) is 0 Å². The van der Waals surface area contributed by atoms with Crippen molar-refractivity contribution < 1.29 is 14.1 Å². The predicted molar refractivity (Wildman–Crippen MR) is 71.0 cm³/mol. The van der Waals surface area contributed by atoms with Gasteiger partial charge < -0.3 is 9.26 Å². The maximum Gasteiger partial charge on any atom is 0.323 e. The molecule has 6 nitrogen and oxygen atoms in total. The molecule has 3 rings (SSSR count). The molecular weight excluding hydrogens is 258 g/mol. The maximum atomic E-state index is 12.0. The van der Waals surface area contributed by atoms with Gasteiger partial charge in [0.05, 0.1) is 13.2 Å². The number of carbonyl (C=O) groups excluding carboxylic acids is 1. The molecule has 110 valence electrons. The molecule has 1 atom stereocenters. The van der Waals surface area contributed by atoms with E-state index in [1.807, 2.05) is 6.92 Å². The minimum Gasteiger partial charge on any atom is -0.465 e. The lowest BCUT2D eigenvalue weighted by atomic mass is 10.0. The SMILES string of the molecule is CCOC(=O)C1CCCCN1Cc1nc(C2CC2)no1. The highest BCUT2D eigenvalue weighted by Crippen LogP contribution is 2.38. The third-order valence-corrected chi connectivity index (χ3v) is 3.94. The van der Waals surface area contributed by atoms with Crippen LogP contribution in [0.4, 0.5) is 0 Å². The van der Waals surface area contributed by atoms with Crippen molar-refractivity contribution in [2.24, 2.45) is 0 Å². The zero-order valence-corrected chi connectivity index (χ0v) is 11.9. The molecule has 20 heavy (non-hydrogen) atoms. The molecule has 1 aromatic heterocycles. The Morgan fingerprint density at radius 1 is 1.40 bits per heavy atom. The average Bonchev–Trinajstić information content (AvgIpc) is 3.20. The maximum absolute atomic E-state index is 12.0. The lowest BCUT2D eigenvalue weighted by Gasteiger charge is -2.32. The van der Waals surface area contributed by atoms with Gasteiger partial charge in [0.2, 0.25) is 5.89 Å². The van der Waals surface area contributed by atoms with E-state index in [0.29, 0.717) is 25.0 Å². The standard InChI is InChI=1S/C14H21N3O3/c1-2-19-14(18)11-5-3-4-8-17(11)9-12-15-13(16-20-12)10-6-7-10/h10-11H,2-9H2,1H3. The van der Waals surface area contributed by atoms with E-state index >= 15 is 0 Å². The number of hydrogen-bond donors (Lipinski definition) is 0. The Morgan fingerprint density at radius 3 is 3.00 bits per heavy atom. The molecule has 2 heterocycles.